The maximum absolute atomic E-state index is 11.2. The van der Waals surface area contributed by atoms with E-state index in [1.54, 1.807) is 6.07 Å². The number of hydrogen-bond acceptors (Lipinski definition) is 5. The van der Waals surface area contributed by atoms with E-state index in [0.717, 1.165) is 31.7 Å². The van der Waals surface area contributed by atoms with Crippen molar-refractivity contribution in [3.63, 3.8) is 0 Å². The molecule has 1 saturated heterocycles. The van der Waals surface area contributed by atoms with Gasteiger partial charge in [-0.15, -0.1) is 0 Å². The molecule has 1 aromatic heterocycles. The monoisotopic (exact) mass is 238 g/mol. The summed E-state index contributed by atoms with van der Waals surface area (Å²) in [4.78, 5) is 13.5. The van der Waals surface area contributed by atoms with Gasteiger partial charge in [-0.05, 0) is 25.5 Å². The summed E-state index contributed by atoms with van der Waals surface area (Å²) in [5.74, 6) is 5.47. The quantitative estimate of drug-likeness (QED) is 0.385. The number of carbonyl (C=O) groups excluding carboxylic acids is 1. The number of nitrogens with zero attached hydrogens (tertiary/aromatic N) is 1. The van der Waals surface area contributed by atoms with Crippen molar-refractivity contribution < 1.29 is 9.21 Å². The van der Waals surface area contributed by atoms with Gasteiger partial charge in [-0.1, -0.05) is 0 Å². The Kier molecular flexibility index (Phi) is 3.78. The summed E-state index contributed by atoms with van der Waals surface area (Å²) >= 11 is 0. The lowest BCUT2D eigenvalue weighted by Gasteiger charge is -2.29. The van der Waals surface area contributed by atoms with Crippen LogP contribution in [0, 0.1) is 0 Å². The topological polar surface area (TPSA) is 97.5 Å². The van der Waals surface area contributed by atoms with Crippen molar-refractivity contribution >= 4 is 5.91 Å². The van der Waals surface area contributed by atoms with Crippen molar-refractivity contribution in [2.45, 2.75) is 25.4 Å². The summed E-state index contributed by atoms with van der Waals surface area (Å²) in [6, 6.07) is 1.95. The molecule has 0 bridgehead atoms. The number of nitrogen functional groups attached to an aromatic ring is 1. The average Bonchev–Trinajstić information content (AvgIpc) is 2.76. The summed E-state index contributed by atoms with van der Waals surface area (Å²) in [5.41, 5.74) is 8.42. The Morgan fingerprint density at radius 1 is 1.65 bits per heavy atom. The Hall–Kier alpha value is -1.37. The first kappa shape index (κ1) is 12.1. The molecular formula is C11H18N4O2. The number of piperidine rings is 1. The molecule has 0 aliphatic carbocycles. The van der Waals surface area contributed by atoms with E-state index < -0.39 is 0 Å². The van der Waals surface area contributed by atoms with Gasteiger partial charge in [0.15, 0.2) is 0 Å². The molecule has 6 nitrogen and oxygen atoms in total. The lowest BCUT2D eigenvalue weighted by atomic mass is 10.1. The van der Waals surface area contributed by atoms with Gasteiger partial charge in [-0.3, -0.25) is 15.1 Å². The van der Waals surface area contributed by atoms with Gasteiger partial charge >= 0.3 is 0 Å². The Morgan fingerprint density at radius 2 is 2.47 bits per heavy atom. The van der Waals surface area contributed by atoms with E-state index in [1.807, 2.05) is 0 Å². The van der Waals surface area contributed by atoms with Gasteiger partial charge in [0.1, 0.15) is 12.0 Å². The Balaban J connectivity index is 1.94. The zero-order valence-electron chi connectivity index (χ0n) is 9.69. The predicted octanol–water partition coefficient (Wildman–Crippen LogP) is -0.194. The lowest BCUT2D eigenvalue weighted by Crippen LogP contribution is -2.42. The first-order valence-corrected chi connectivity index (χ1v) is 5.75. The Morgan fingerprint density at radius 3 is 3.18 bits per heavy atom. The molecule has 94 valence electrons. The highest BCUT2D eigenvalue weighted by molar-refractivity contribution is 5.93. The number of likely N-dealkylation sites (tertiary alicyclic amines) is 1. The third kappa shape index (κ3) is 3.06. The molecule has 1 aliphatic heterocycles. The number of furan rings is 1. The van der Waals surface area contributed by atoms with Gasteiger partial charge in [-0.25, -0.2) is 5.84 Å². The fourth-order valence-corrected chi connectivity index (χ4v) is 2.12. The number of hydrazine groups is 1. The van der Waals surface area contributed by atoms with Crippen LogP contribution in [0.4, 0.5) is 0 Å². The first-order chi connectivity index (χ1) is 8.19. The Labute approximate surface area is 99.9 Å². The third-order valence-corrected chi connectivity index (χ3v) is 2.97. The number of amides is 1. The summed E-state index contributed by atoms with van der Waals surface area (Å²) < 4.78 is 5.33. The van der Waals surface area contributed by atoms with Crippen LogP contribution in [0.2, 0.25) is 0 Å². The third-order valence-electron chi connectivity index (χ3n) is 2.97. The van der Waals surface area contributed by atoms with Gasteiger partial charge < -0.3 is 10.2 Å². The Bertz CT molecular complexity index is 391. The minimum Gasteiger partial charge on any atom is -0.467 e. The number of nitrogens with one attached hydrogen (secondary N) is 1. The molecule has 1 atom stereocenters. The van der Waals surface area contributed by atoms with E-state index in [2.05, 4.69) is 10.3 Å². The minimum absolute atomic E-state index is 0.241. The zero-order valence-corrected chi connectivity index (χ0v) is 9.69. The molecule has 1 fully saturated rings. The van der Waals surface area contributed by atoms with Crippen molar-refractivity contribution in [2.24, 2.45) is 11.6 Å². The molecule has 2 heterocycles. The molecule has 0 saturated carbocycles. The van der Waals surface area contributed by atoms with Gasteiger partial charge in [-0.2, -0.15) is 0 Å². The highest BCUT2D eigenvalue weighted by Gasteiger charge is 2.18. The molecule has 1 aromatic rings. The second-order valence-corrected chi connectivity index (χ2v) is 4.41. The highest BCUT2D eigenvalue weighted by atomic mass is 16.3. The van der Waals surface area contributed by atoms with Crippen LogP contribution in [-0.2, 0) is 6.54 Å². The standard InChI is InChI=1S/C11H18N4O2/c12-9-2-1-3-15(5-9)6-10-4-8(7-17-10)11(16)14-13/h4,7,9H,1-3,5-6,12-13H2,(H,14,16). The SMILES string of the molecule is NNC(=O)c1coc(CN2CCCC(N)C2)c1. The molecule has 17 heavy (non-hydrogen) atoms. The van der Waals surface area contributed by atoms with Crippen LogP contribution in [0.15, 0.2) is 16.7 Å². The minimum atomic E-state index is -0.338. The fourth-order valence-electron chi connectivity index (χ4n) is 2.12. The highest BCUT2D eigenvalue weighted by Crippen LogP contribution is 2.14. The predicted molar refractivity (Wildman–Crippen MR) is 62.8 cm³/mol. The second kappa shape index (κ2) is 5.31. The smallest absolute Gasteiger partial charge is 0.268 e. The summed E-state index contributed by atoms with van der Waals surface area (Å²) in [6.45, 7) is 2.58. The molecular weight excluding hydrogens is 220 g/mol. The number of carbonyl (C=O) groups is 1. The van der Waals surface area contributed by atoms with E-state index in [-0.39, 0.29) is 11.9 Å². The zero-order chi connectivity index (χ0) is 12.3. The van der Waals surface area contributed by atoms with Crippen molar-refractivity contribution in [3.05, 3.63) is 23.7 Å². The molecule has 1 unspecified atom stereocenters. The van der Waals surface area contributed by atoms with Gasteiger partial charge in [0.05, 0.1) is 12.1 Å². The van der Waals surface area contributed by atoms with Gasteiger partial charge in [0, 0.05) is 12.6 Å². The van der Waals surface area contributed by atoms with Crippen LogP contribution >= 0.6 is 0 Å². The molecule has 1 aliphatic rings. The van der Waals surface area contributed by atoms with Crippen LogP contribution in [0.3, 0.4) is 0 Å². The van der Waals surface area contributed by atoms with Crippen LogP contribution in [0.1, 0.15) is 29.0 Å². The van der Waals surface area contributed by atoms with Crippen molar-refractivity contribution in [1.82, 2.24) is 10.3 Å². The van der Waals surface area contributed by atoms with Crippen molar-refractivity contribution in [2.75, 3.05) is 13.1 Å². The maximum atomic E-state index is 11.2. The van der Waals surface area contributed by atoms with E-state index in [1.165, 1.54) is 6.26 Å². The van der Waals surface area contributed by atoms with Crippen molar-refractivity contribution in [1.29, 1.82) is 0 Å². The van der Waals surface area contributed by atoms with E-state index in [0.29, 0.717) is 12.1 Å². The second-order valence-electron chi connectivity index (χ2n) is 4.41. The summed E-state index contributed by atoms with van der Waals surface area (Å²) in [5, 5.41) is 0. The molecule has 0 spiro atoms. The van der Waals surface area contributed by atoms with Crippen LogP contribution in [0.25, 0.3) is 0 Å². The van der Waals surface area contributed by atoms with Crippen molar-refractivity contribution in [3.8, 4) is 0 Å². The summed E-state index contributed by atoms with van der Waals surface area (Å²) in [7, 11) is 0. The van der Waals surface area contributed by atoms with Crippen LogP contribution < -0.4 is 17.0 Å². The van der Waals surface area contributed by atoms with Crippen LogP contribution in [-0.4, -0.2) is 29.9 Å². The van der Waals surface area contributed by atoms with Gasteiger partial charge in [0.2, 0.25) is 0 Å². The van der Waals surface area contributed by atoms with E-state index in [9.17, 15) is 4.79 Å². The molecule has 0 aromatic carbocycles. The molecule has 5 N–H and O–H groups in total. The lowest BCUT2D eigenvalue weighted by molar-refractivity contribution is 0.0953. The number of rotatable bonds is 3. The average molecular weight is 238 g/mol. The molecule has 6 heteroatoms. The fraction of sp³-hybridized carbons (Fsp3) is 0.545. The molecule has 2 rings (SSSR count). The molecule has 1 amide bonds. The molecule has 0 radical (unpaired) electrons. The first-order valence-electron chi connectivity index (χ1n) is 5.75. The number of nitrogens with two attached hydrogens (primary N) is 2. The summed E-state index contributed by atoms with van der Waals surface area (Å²) in [6.07, 6.45) is 3.61. The van der Waals surface area contributed by atoms with Gasteiger partial charge in [0.25, 0.3) is 5.91 Å². The largest absolute Gasteiger partial charge is 0.467 e. The number of hydrogen-bond donors (Lipinski definition) is 3. The maximum Gasteiger partial charge on any atom is 0.268 e. The normalized spacial score (nSPS) is 21.4. The van der Waals surface area contributed by atoms with Crippen LogP contribution in [0.5, 0.6) is 0 Å². The van der Waals surface area contributed by atoms with E-state index >= 15 is 0 Å². The van der Waals surface area contributed by atoms with E-state index in [4.69, 9.17) is 16.0 Å².